The fourth-order valence-electron chi connectivity index (χ4n) is 5.21. The van der Waals surface area contributed by atoms with Crippen LogP contribution >= 0.6 is 12.4 Å². The number of nitrogens with two attached hydrogens (primary N) is 1. The van der Waals surface area contributed by atoms with Crippen molar-refractivity contribution in [1.29, 1.82) is 0 Å². The summed E-state index contributed by atoms with van der Waals surface area (Å²) in [4.78, 5) is 15.3. The Morgan fingerprint density at radius 1 is 1.24 bits per heavy atom. The van der Waals surface area contributed by atoms with E-state index in [0.717, 1.165) is 39.0 Å². The van der Waals surface area contributed by atoms with Crippen LogP contribution in [0.1, 0.15) is 44.6 Å². The Hall–Kier alpha value is -1.10. The molecule has 4 atom stereocenters. The SMILES string of the molecule is CC1(C)C2OCCCC2C1(N)C(=O)N1CCC(c2ccccc2)C1.Cl. The van der Waals surface area contributed by atoms with Crippen LogP contribution < -0.4 is 5.73 Å². The Bertz CT molecular complexity index is 636. The highest BCUT2D eigenvalue weighted by atomic mass is 35.5. The lowest BCUT2D eigenvalue weighted by Crippen LogP contribution is -2.82. The lowest BCUT2D eigenvalue weighted by molar-refractivity contribution is -0.229. The quantitative estimate of drug-likeness (QED) is 0.877. The summed E-state index contributed by atoms with van der Waals surface area (Å²) in [6.07, 6.45) is 3.17. The average molecular weight is 365 g/mol. The minimum absolute atomic E-state index is 0. The molecule has 1 aliphatic carbocycles. The second kappa shape index (κ2) is 6.57. The molecule has 0 aromatic heterocycles. The van der Waals surface area contributed by atoms with Gasteiger partial charge in [0.15, 0.2) is 0 Å². The summed E-state index contributed by atoms with van der Waals surface area (Å²) in [5, 5.41) is 0. The van der Waals surface area contributed by atoms with Gasteiger partial charge in [0.1, 0.15) is 5.54 Å². The molecule has 25 heavy (non-hydrogen) atoms. The highest BCUT2D eigenvalue weighted by molar-refractivity contribution is 5.90. The molecule has 0 radical (unpaired) electrons. The maximum Gasteiger partial charge on any atom is 0.243 e. The van der Waals surface area contributed by atoms with Crippen LogP contribution in [0.15, 0.2) is 30.3 Å². The van der Waals surface area contributed by atoms with E-state index < -0.39 is 5.54 Å². The largest absolute Gasteiger partial charge is 0.377 e. The Balaban J connectivity index is 0.00000182. The monoisotopic (exact) mass is 364 g/mol. The number of carbonyl (C=O) groups excluding carboxylic acids is 1. The Labute approximate surface area is 156 Å². The second-order valence-corrected chi connectivity index (χ2v) is 8.28. The first-order chi connectivity index (χ1) is 11.5. The summed E-state index contributed by atoms with van der Waals surface area (Å²) in [6.45, 7) is 6.60. The normalized spacial score (nSPS) is 36.1. The molecule has 3 fully saturated rings. The number of benzene rings is 1. The highest BCUT2D eigenvalue weighted by Crippen LogP contribution is 2.58. The summed E-state index contributed by atoms with van der Waals surface area (Å²) in [6, 6.07) is 10.5. The number of likely N-dealkylation sites (tertiary alicyclic amines) is 1. The minimum Gasteiger partial charge on any atom is -0.377 e. The van der Waals surface area contributed by atoms with Gasteiger partial charge in [0.2, 0.25) is 5.91 Å². The molecule has 4 nitrogen and oxygen atoms in total. The summed E-state index contributed by atoms with van der Waals surface area (Å²) in [5.74, 6) is 0.738. The van der Waals surface area contributed by atoms with Crippen LogP contribution in [0.4, 0.5) is 0 Å². The lowest BCUT2D eigenvalue weighted by Gasteiger charge is -2.65. The third kappa shape index (κ3) is 2.61. The maximum absolute atomic E-state index is 13.3. The van der Waals surface area contributed by atoms with E-state index in [4.69, 9.17) is 10.5 Å². The fraction of sp³-hybridized carbons (Fsp3) is 0.650. The predicted octanol–water partition coefficient (Wildman–Crippen LogP) is 2.96. The molecule has 2 N–H and O–H groups in total. The van der Waals surface area contributed by atoms with Crippen LogP contribution in [-0.2, 0) is 9.53 Å². The van der Waals surface area contributed by atoms with Crippen LogP contribution in [0.5, 0.6) is 0 Å². The van der Waals surface area contributed by atoms with Gasteiger partial charge >= 0.3 is 0 Å². The molecule has 1 saturated carbocycles. The summed E-state index contributed by atoms with van der Waals surface area (Å²) >= 11 is 0. The minimum atomic E-state index is -0.774. The summed E-state index contributed by atoms with van der Waals surface area (Å²) in [7, 11) is 0. The van der Waals surface area contributed by atoms with Gasteiger partial charge in [-0.25, -0.2) is 0 Å². The van der Waals surface area contributed by atoms with Gasteiger partial charge in [-0.2, -0.15) is 0 Å². The van der Waals surface area contributed by atoms with E-state index >= 15 is 0 Å². The number of halogens is 1. The molecule has 5 heteroatoms. The van der Waals surface area contributed by atoms with Crippen LogP contribution in [0.2, 0.25) is 0 Å². The van der Waals surface area contributed by atoms with Crippen molar-refractivity contribution in [2.45, 2.75) is 50.7 Å². The van der Waals surface area contributed by atoms with Crippen LogP contribution in [-0.4, -0.2) is 42.1 Å². The number of fused-ring (bicyclic) bond motifs is 1. The Kier molecular flexibility index (Phi) is 4.91. The van der Waals surface area contributed by atoms with E-state index in [-0.39, 0.29) is 35.8 Å². The third-order valence-electron chi connectivity index (χ3n) is 6.78. The molecular formula is C20H29ClN2O2. The van der Waals surface area contributed by atoms with E-state index in [1.807, 2.05) is 11.0 Å². The first kappa shape index (κ1) is 18.7. The standard InChI is InChI=1S/C20H28N2O2.ClH/c1-19(2)17-16(9-6-12-24-17)20(19,21)18(23)22-11-10-15(13-22)14-7-4-3-5-8-14;/h3-5,7-8,15-17H,6,9-13,21H2,1-2H3;1H. The molecule has 2 heterocycles. The van der Waals surface area contributed by atoms with Crippen LogP contribution in [0, 0.1) is 11.3 Å². The van der Waals surface area contributed by atoms with Crippen molar-refractivity contribution in [3.8, 4) is 0 Å². The van der Waals surface area contributed by atoms with E-state index in [0.29, 0.717) is 5.92 Å². The molecule has 1 aromatic rings. The van der Waals surface area contributed by atoms with E-state index in [1.54, 1.807) is 0 Å². The summed E-state index contributed by atoms with van der Waals surface area (Å²) in [5.41, 5.74) is 7.03. The number of hydrogen-bond acceptors (Lipinski definition) is 3. The predicted molar refractivity (Wildman–Crippen MR) is 101 cm³/mol. The van der Waals surface area contributed by atoms with Gasteiger partial charge in [-0.3, -0.25) is 4.79 Å². The molecule has 138 valence electrons. The molecule has 4 rings (SSSR count). The number of ether oxygens (including phenoxy) is 1. The number of carbonyl (C=O) groups is 1. The fourth-order valence-corrected chi connectivity index (χ4v) is 5.21. The van der Waals surface area contributed by atoms with Crippen LogP contribution in [0.3, 0.4) is 0 Å². The zero-order chi connectivity index (χ0) is 16.9. The second-order valence-electron chi connectivity index (χ2n) is 8.28. The van der Waals surface area contributed by atoms with E-state index in [2.05, 4.69) is 38.1 Å². The first-order valence-electron chi connectivity index (χ1n) is 9.21. The average Bonchev–Trinajstić information content (AvgIpc) is 3.11. The molecule has 4 unspecified atom stereocenters. The van der Waals surface area contributed by atoms with Crippen molar-refractivity contribution in [2.24, 2.45) is 17.1 Å². The zero-order valence-electron chi connectivity index (χ0n) is 15.1. The van der Waals surface area contributed by atoms with Gasteiger partial charge in [0.05, 0.1) is 6.10 Å². The molecule has 0 bridgehead atoms. The van der Waals surface area contributed by atoms with Gasteiger partial charge in [-0.05, 0) is 24.8 Å². The zero-order valence-corrected chi connectivity index (χ0v) is 15.9. The van der Waals surface area contributed by atoms with Gasteiger partial charge in [-0.1, -0.05) is 44.2 Å². The maximum atomic E-state index is 13.3. The van der Waals surface area contributed by atoms with Gasteiger partial charge in [-0.15, -0.1) is 12.4 Å². The molecule has 2 aliphatic heterocycles. The number of amides is 1. The third-order valence-corrected chi connectivity index (χ3v) is 6.78. The van der Waals surface area contributed by atoms with Crippen molar-refractivity contribution in [2.75, 3.05) is 19.7 Å². The molecular weight excluding hydrogens is 336 g/mol. The highest BCUT2D eigenvalue weighted by Gasteiger charge is 2.71. The number of nitrogens with zero attached hydrogens (tertiary/aromatic N) is 1. The van der Waals surface area contributed by atoms with Crippen molar-refractivity contribution < 1.29 is 9.53 Å². The van der Waals surface area contributed by atoms with E-state index in [9.17, 15) is 4.79 Å². The van der Waals surface area contributed by atoms with E-state index in [1.165, 1.54) is 5.56 Å². The molecule has 1 aromatic carbocycles. The van der Waals surface area contributed by atoms with Crippen molar-refractivity contribution in [3.63, 3.8) is 0 Å². The Morgan fingerprint density at radius 3 is 2.68 bits per heavy atom. The van der Waals surface area contributed by atoms with Crippen molar-refractivity contribution >= 4 is 18.3 Å². The van der Waals surface area contributed by atoms with Gasteiger partial charge in [0, 0.05) is 36.9 Å². The number of rotatable bonds is 2. The summed E-state index contributed by atoms with van der Waals surface area (Å²) < 4.78 is 5.94. The molecule has 0 spiro atoms. The topological polar surface area (TPSA) is 55.6 Å². The Morgan fingerprint density at radius 2 is 1.96 bits per heavy atom. The lowest BCUT2D eigenvalue weighted by atomic mass is 9.46. The molecule has 1 amide bonds. The smallest absolute Gasteiger partial charge is 0.243 e. The van der Waals surface area contributed by atoms with Gasteiger partial charge < -0.3 is 15.4 Å². The number of hydrogen-bond donors (Lipinski definition) is 1. The first-order valence-corrected chi connectivity index (χ1v) is 9.21. The van der Waals surface area contributed by atoms with Crippen molar-refractivity contribution in [3.05, 3.63) is 35.9 Å². The van der Waals surface area contributed by atoms with Crippen molar-refractivity contribution in [1.82, 2.24) is 4.90 Å². The van der Waals surface area contributed by atoms with Gasteiger partial charge in [0.25, 0.3) is 0 Å². The molecule has 3 aliphatic rings. The molecule has 2 saturated heterocycles. The van der Waals surface area contributed by atoms with Crippen LogP contribution in [0.25, 0.3) is 0 Å².